The lowest BCUT2D eigenvalue weighted by molar-refractivity contribution is 0.536. The summed E-state index contributed by atoms with van der Waals surface area (Å²) in [7, 11) is 0. The molecule has 2 aromatic heterocycles. The molecule has 1 aliphatic heterocycles. The largest absolute Gasteiger partial charge is 0.353 e. The third-order valence-electron chi connectivity index (χ3n) is 3.53. The topological polar surface area (TPSA) is 45.2 Å². The van der Waals surface area contributed by atoms with Crippen LogP contribution in [0.1, 0.15) is 6.92 Å². The van der Waals surface area contributed by atoms with Gasteiger partial charge in [-0.3, -0.25) is 0 Å². The van der Waals surface area contributed by atoms with E-state index in [-0.39, 0.29) is 11.9 Å². The van der Waals surface area contributed by atoms with Crippen LogP contribution in [-0.2, 0) is 0 Å². The smallest absolute Gasteiger partial charge is 0.225 e. The van der Waals surface area contributed by atoms with Crippen LogP contribution in [0.4, 0.5) is 16.2 Å². The molecule has 1 saturated heterocycles. The summed E-state index contributed by atoms with van der Waals surface area (Å²) in [4.78, 5) is 17.3. The molecule has 21 heavy (non-hydrogen) atoms. The van der Waals surface area contributed by atoms with E-state index in [0.717, 1.165) is 35.0 Å². The van der Waals surface area contributed by atoms with Crippen LogP contribution in [0.2, 0.25) is 0 Å². The Morgan fingerprint density at radius 3 is 2.52 bits per heavy atom. The average Bonchev–Trinajstić information content (AvgIpc) is 2.49. The summed E-state index contributed by atoms with van der Waals surface area (Å²) in [5.41, 5.74) is 0. The lowest BCUT2D eigenvalue weighted by Gasteiger charge is -2.40. The molecule has 0 unspecified atom stereocenters. The summed E-state index contributed by atoms with van der Waals surface area (Å²) in [6.07, 6.45) is 4.90. The van der Waals surface area contributed by atoms with E-state index >= 15 is 0 Å². The van der Waals surface area contributed by atoms with Crippen LogP contribution in [-0.4, -0.2) is 40.6 Å². The van der Waals surface area contributed by atoms with Crippen molar-refractivity contribution < 1.29 is 4.39 Å². The molecule has 1 fully saturated rings. The summed E-state index contributed by atoms with van der Waals surface area (Å²) >= 11 is 2.20. The highest BCUT2D eigenvalue weighted by Gasteiger charge is 2.26. The highest BCUT2D eigenvalue weighted by Crippen LogP contribution is 2.20. The van der Waals surface area contributed by atoms with E-state index in [1.54, 1.807) is 6.07 Å². The molecule has 110 valence electrons. The van der Waals surface area contributed by atoms with Gasteiger partial charge in [0.2, 0.25) is 5.95 Å². The van der Waals surface area contributed by atoms with Gasteiger partial charge in [0.25, 0.3) is 0 Å². The Bertz CT molecular complexity index is 604. The lowest BCUT2D eigenvalue weighted by atomic mass is 10.2. The lowest BCUT2D eigenvalue weighted by Crippen LogP contribution is -2.53. The van der Waals surface area contributed by atoms with Crippen LogP contribution in [0, 0.1) is 9.39 Å². The van der Waals surface area contributed by atoms with E-state index in [0.29, 0.717) is 0 Å². The quantitative estimate of drug-likeness (QED) is 0.726. The summed E-state index contributed by atoms with van der Waals surface area (Å²) in [5.74, 6) is 1.26. The molecule has 0 N–H and O–H groups in total. The van der Waals surface area contributed by atoms with E-state index in [1.807, 2.05) is 12.4 Å². The Balaban J connectivity index is 1.72. The molecular weight excluding hydrogens is 384 g/mol. The van der Waals surface area contributed by atoms with Crippen molar-refractivity contribution in [1.82, 2.24) is 15.0 Å². The van der Waals surface area contributed by atoms with Crippen LogP contribution in [0.5, 0.6) is 0 Å². The Morgan fingerprint density at radius 1 is 1.14 bits per heavy atom. The third-order valence-corrected chi connectivity index (χ3v) is 4.08. The van der Waals surface area contributed by atoms with Gasteiger partial charge in [0, 0.05) is 41.6 Å². The van der Waals surface area contributed by atoms with Crippen molar-refractivity contribution in [3.63, 3.8) is 0 Å². The number of rotatable bonds is 2. The number of pyridine rings is 1. The van der Waals surface area contributed by atoms with Gasteiger partial charge < -0.3 is 9.80 Å². The van der Waals surface area contributed by atoms with E-state index in [2.05, 4.69) is 54.3 Å². The van der Waals surface area contributed by atoms with Crippen LogP contribution in [0.3, 0.4) is 0 Å². The zero-order chi connectivity index (χ0) is 14.8. The van der Waals surface area contributed by atoms with Gasteiger partial charge in [-0.1, -0.05) is 0 Å². The molecule has 1 aliphatic rings. The normalized spacial score (nSPS) is 18.9. The maximum absolute atomic E-state index is 12.9. The van der Waals surface area contributed by atoms with Gasteiger partial charge in [-0.2, -0.15) is 0 Å². The van der Waals surface area contributed by atoms with Crippen molar-refractivity contribution in [2.75, 3.05) is 29.4 Å². The number of halogens is 2. The molecule has 3 heterocycles. The maximum Gasteiger partial charge on any atom is 0.225 e. The van der Waals surface area contributed by atoms with Gasteiger partial charge in [-0.15, -0.1) is 0 Å². The first-order valence-electron chi connectivity index (χ1n) is 6.74. The van der Waals surface area contributed by atoms with Crippen molar-refractivity contribution in [2.45, 2.75) is 13.0 Å². The van der Waals surface area contributed by atoms with Crippen molar-refractivity contribution in [1.29, 1.82) is 0 Å². The van der Waals surface area contributed by atoms with E-state index in [1.165, 1.54) is 12.3 Å². The molecule has 0 saturated carbocycles. The molecule has 0 aromatic carbocycles. The van der Waals surface area contributed by atoms with Crippen molar-refractivity contribution in [3.8, 4) is 0 Å². The number of hydrogen-bond acceptors (Lipinski definition) is 5. The van der Waals surface area contributed by atoms with Gasteiger partial charge in [0.05, 0.1) is 6.20 Å². The van der Waals surface area contributed by atoms with Crippen LogP contribution >= 0.6 is 22.6 Å². The first-order chi connectivity index (χ1) is 10.1. The predicted molar refractivity (Wildman–Crippen MR) is 88.0 cm³/mol. The van der Waals surface area contributed by atoms with Crippen LogP contribution in [0.15, 0.2) is 30.7 Å². The highest BCUT2D eigenvalue weighted by molar-refractivity contribution is 14.1. The zero-order valence-corrected chi connectivity index (χ0v) is 13.7. The third kappa shape index (κ3) is 3.22. The minimum absolute atomic E-state index is 0.269. The van der Waals surface area contributed by atoms with Gasteiger partial charge in [-0.05, 0) is 41.6 Å². The summed E-state index contributed by atoms with van der Waals surface area (Å²) in [6.45, 7) is 4.59. The standard InChI is InChI=1S/C14H15FIN5/c1-10-9-20(13-3-2-11(15)6-17-13)4-5-21(10)14-18-7-12(16)8-19-14/h2-3,6-8,10H,4-5,9H2,1H3/t10-/m1/s1. The Kier molecular flexibility index (Phi) is 4.18. The number of nitrogens with zero attached hydrogens (tertiary/aromatic N) is 5. The Hall–Kier alpha value is -1.51. The number of aromatic nitrogens is 3. The second kappa shape index (κ2) is 6.08. The molecule has 0 amide bonds. The van der Waals surface area contributed by atoms with E-state index in [9.17, 15) is 4.39 Å². The molecule has 0 spiro atoms. The molecular formula is C14H15FIN5. The molecule has 0 bridgehead atoms. The molecule has 2 aromatic rings. The molecule has 0 radical (unpaired) electrons. The summed E-state index contributed by atoms with van der Waals surface area (Å²) in [6, 6.07) is 3.44. The van der Waals surface area contributed by atoms with Crippen molar-refractivity contribution in [2.24, 2.45) is 0 Å². The monoisotopic (exact) mass is 399 g/mol. The number of piperazine rings is 1. The first-order valence-corrected chi connectivity index (χ1v) is 7.82. The Labute approximate surface area is 136 Å². The minimum Gasteiger partial charge on any atom is -0.353 e. The maximum atomic E-state index is 12.9. The highest BCUT2D eigenvalue weighted by atomic mass is 127. The van der Waals surface area contributed by atoms with Gasteiger partial charge in [0.15, 0.2) is 0 Å². The SMILES string of the molecule is C[C@@H]1CN(c2ccc(F)cn2)CCN1c1ncc(I)cn1. The second-order valence-corrected chi connectivity index (χ2v) is 6.27. The molecule has 3 rings (SSSR count). The predicted octanol–water partition coefficient (Wildman–Crippen LogP) is 2.33. The molecule has 1 atom stereocenters. The second-order valence-electron chi connectivity index (χ2n) is 5.02. The number of anilines is 2. The molecule has 5 nitrogen and oxygen atoms in total. The molecule has 7 heteroatoms. The average molecular weight is 399 g/mol. The Morgan fingerprint density at radius 2 is 1.90 bits per heavy atom. The summed E-state index contributed by atoms with van der Waals surface area (Å²) in [5, 5.41) is 0. The van der Waals surface area contributed by atoms with Crippen LogP contribution in [0.25, 0.3) is 0 Å². The first kappa shape index (κ1) is 14.4. The zero-order valence-electron chi connectivity index (χ0n) is 11.6. The fourth-order valence-corrected chi connectivity index (χ4v) is 2.75. The van der Waals surface area contributed by atoms with Gasteiger partial charge in [0.1, 0.15) is 11.6 Å². The fourth-order valence-electron chi connectivity index (χ4n) is 2.47. The van der Waals surface area contributed by atoms with Crippen molar-refractivity contribution >= 4 is 34.4 Å². The minimum atomic E-state index is -0.308. The fraction of sp³-hybridized carbons (Fsp3) is 0.357. The van der Waals surface area contributed by atoms with Gasteiger partial charge in [-0.25, -0.2) is 19.3 Å². The van der Waals surface area contributed by atoms with Crippen LogP contribution < -0.4 is 9.80 Å². The number of hydrogen-bond donors (Lipinski definition) is 0. The molecule has 0 aliphatic carbocycles. The van der Waals surface area contributed by atoms with Crippen molar-refractivity contribution in [3.05, 3.63) is 40.1 Å². The summed E-state index contributed by atoms with van der Waals surface area (Å²) < 4.78 is 14.0. The van der Waals surface area contributed by atoms with E-state index in [4.69, 9.17) is 0 Å². The van der Waals surface area contributed by atoms with E-state index < -0.39 is 0 Å². The van der Waals surface area contributed by atoms with Gasteiger partial charge >= 0.3 is 0 Å².